The van der Waals surface area contributed by atoms with Crippen molar-refractivity contribution in [1.82, 2.24) is 10.6 Å². The van der Waals surface area contributed by atoms with E-state index in [1.807, 2.05) is 60.7 Å². The predicted octanol–water partition coefficient (Wildman–Crippen LogP) is 3.67. The highest BCUT2D eigenvalue weighted by Gasteiger charge is 2.24. The maximum absolute atomic E-state index is 12.3. The van der Waals surface area contributed by atoms with Crippen molar-refractivity contribution < 1.29 is 24.2 Å². The van der Waals surface area contributed by atoms with Crippen LogP contribution in [0.4, 0.5) is 4.79 Å². The molecule has 0 aliphatic heterocycles. The largest absolute Gasteiger partial charge is 0.480 e. The molecule has 7 heteroatoms. The molecule has 2 aromatic carbocycles. The number of rotatable bonds is 11. The maximum atomic E-state index is 12.3. The third-order valence-electron chi connectivity index (χ3n) is 4.83. The minimum atomic E-state index is -1.06. The molecule has 2 amide bonds. The molecular weight excluding hydrogens is 396 g/mol. The van der Waals surface area contributed by atoms with Crippen molar-refractivity contribution in [3.63, 3.8) is 0 Å². The number of benzene rings is 2. The Hall–Kier alpha value is -3.35. The molecular formula is C24H30N2O5. The van der Waals surface area contributed by atoms with Gasteiger partial charge < -0.3 is 20.5 Å². The minimum absolute atomic E-state index is 0.0844. The van der Waals surface area contributed by atoms with E-state index in [1.165, 1.54) is 0 Å². The van der Waals surface area contributed by atoms with E-state index >= 15 is 0 Å². The summed E-state index contributed by atoms with van der Waals surface area (Å²) in [6.45, 7) is 3.73. The monoisotopic (exact) mass is 426 g/mol. The van der Waals surface area contributed by atoms with Crippen molar-refractivity contribution in [2.75, 3.05) is 0 Å². The van der Waals surface area contributed by atoms with Crippen LogP contribution in [0.5, 0.6) is 0 Å². The van der Waals surface area contributed by atoms with Gasteiger partial charge in [0.15, 0.2) is 0 Å². The average Bonchev–Trinajstić information content (AvgIpc) is 2.75. The Balaban J connectivity index is 1.75. The number of carboxylic acids is 1. The molecule has 0 fully saturated rings. The van der Waals surface area contributed by atoms with Gasteiger partial charge in [0.25, 0.3) is 0 Å². The number of carboxylic acid groups (broad SMARTS) is 1. The zero-order valence-corrected chi connectivity index (χ0v) is 18.0. The van der Waals surface area contributed by atoms with Crippen LogP contribution in [0.2, 0.25) is 0 Å². The van der Waals surface area contributed by atoms with E-state index in [9.17, 15) is 19.5 Å². The van der Waals surface area contributed by atoms with Crippen LogP contribution in [0.3, 0.4) is 0 Å². The molecule has 0 spiro atoms. The highest BCUT2D eigenvalue weighted by atomic mass is 16.5. The highest BCUT2D eigenvalue weighted by Crippen LogP contribution is 2.13. The van der Waals surface area contributed by atoms with Gasteiger partial charge in [-0.25, -0.2) is 9.59 Å². The zero-order chi connectivity index (χ0) is 22.7. The summed E-state index contributed by atoms with van der Waals surface area (Å²) in [5.41, 5.74) is 1.21. The Morgan fingerprint density at radius 3 is 2.13 bits per heavy atom. The van der Waals surface area contributed by atoms with E-state index in [0.717, 1.165) is 11.1 Å². The number of hydrogen-bond acceptors (Lipinski definition) is 4. The summed E-state index contributed by atoms with van der Waals surface area (Å²) in [4.78, 5) is 35.8. The van der Waals surface area contributed by atoms with Gasteiger partial charge in [-0.1, -0.05) is 60.7 Å². The normalized spacial score (nSPS) is 11.9. The van der Waals surface area contributed by atoms with Crippen LogP contribution in [-0.4, -0.2) is 34.7 Å². The van der Waals surface area contributed by atoms with E-state index < -0.39 is 23.6 Å². The molecule has 0 radical (unpaired) electrons. The molecule has 0 heterocycles. The lowest BCUT2D eigenvalue weighted by molar-refractivity contribution is -0.142. The zero-order valence-electron chi connectivity index (χ0n) is 18.0. The van der Waals surface area contributed by atoms with Gasteiger partial charge in [0.05, 0.1) is 0 Å². The lowest BCUT2D eigenvalue weighted by atomic mass is 9.98. The molecule has 31 heavy (non-hydrogen) atoms. The molecule has 7 nitrogen and oxygen atoms in total. The summed E-state index contributed by atoms with van der Waals surface area (Å²) in [7, 11) is 0. The SMILES string of the molecule is CC(C)(CCC(=O)NC(CCc1ccccc1)C(=O)O)NC(=O)OCc1ccccc1. The number of amides is 2. The molecule has 0 aliphatic rings. The number of carbonyl (C=O) groups is 3. The number of alkyl carbamates (subject to hydrolysis) is 1. The van der Waals surface area contributed by atoms with E-state index in [1.54, 1.807) is 13.8 Å². The number of carbonyl (C=O) groups excluding carboxylic acids is 2. The third kappa shape index (κ3) is 9.33. The number of nitrogens with one attached hydrogen (secondary N) is 2. The molecule has 1 atom stereocenters. The van der Waals surface area contributed by atoms with E-state index in [4.69, 9.17) is 4.74 Å². The van der Waals surface area contributed by atoms with Gasteiger partial charge in [-0.3, -0.25) is 4.79 Å². The number of ether oxygens (including phenoxy) is 1. The summed E-state index contributed by atoms with van der Waals surface area (Å²) in [5, 5.41) is 14.7. The second kappa shape index (κ2) is 11.7. The van der Waals surface area contributed by atoms with Gasteiger partial charge >= 0.3 is 12.1 Å². The maximum Gasteiger partial charge on any atom is 0.407 e. The van der Waals surface area contributed by atoms with Crippen molar-refractivity contribution >= 4 is 18.0 Å². The second-order valence-corrected chi connectivity index (χ2v) is 8.05. The molecule has 3 N–H and O–H groups in total. The van der Waals surface area contributed by atoms with Crippen molar-refractivity contribution in [3.8, 4) is 0 Å². The topological polar surface area (TPSA) is 105 Å². The van der Waals surface area contributed by atoms with Crippen LogP contribution in [0.15, 0.2) is 60.7 Å². The first kappa shape index (κ1) is 23.9. The van der Waals surface area contributed by atoms with E-state index in [2.05, 4.69) is 10.6 Å². The van der Waals surface area contributed by atoms with Crippen molar-refractivity contribution in [2.45, 2.75) is 57.7 Å². The van der Waals surface area contributed by atoms with Crippen LogP contribution < -0.4 is 10.6 Å². The van der Waals surface area contributed by atoms with Crippen LogP contribution in [0.25, 0.3) is 0 Å². The highest BCUT2D eigenvalue weighted by molar-refractivity contribution is 5.83. The Kier molecular flexibility index (Phi) is 9.06. The number of hydrogen-bond donors (Lipinski definition) is 3. The van der Waals surface area contributed by atoms with Gasteiger partial charge in [-0.2, -0.15) is 0 Å². The van der Waals surface area contributed by atoms with E-state index in [0.29, 0.717) is 19.3 Å². The Labute approximate surface area is 182 Å². The fourth-order valence-electron chi connectivity index (χ4n) is 3.00. The fourth-order valence-corrected chi connectivity index (χ4v) is 3.00. The summed E-state index contributed by atoms with van der Waals surface area (Å²) in [5.74, 6) is -1.43. The van der Waals surface area contributed by atoms with Crippen molar-refractivity contribution in [3.05, 3.63) is 71.8 Å². The first-order valence-corrected chi connectivity index (χ1v) is 10.3. The van der Waals surface area contributed by atoms with Gasteiger partial charge in [0.2, 0.25) is 5.91 Å². The molecule has 2 rings (SSSR count). The van der Waals surface area contributed by atoms with Gasteiger partial charge in [-0.05, 0) is 44.2 Å². The average molecular weight is 427 g/mol. The summed E-state index contributed by atoms with van der Waals surface area (Å²) >= 11 is 0. The van der Waals surface area contributed by atoms with E-state index in [-0.39, 0.29) is 18.9 Å². The fraction of sp³-hybridized carbons (Fsp3) is 0.375. The molecule has 0 bridgehead atoms. The van der Waals surface area contributed by atoms with Crippen molar-refractivity contribution in [1.29, 1.82) is 0 Å². The number of aryl methyl sites for hydroxylation is 1. The lowest BCUT2D eigenvalue weighted by Crippen LogP contribution is -2.46. The molecule has 0 saturated heterocycles. The lowest BCUT2D eigenvalue weighted by Gasteiger charge is -2.26. The Morgan fingerprint density at radius 1 is 0.968 bits per heavy atom. The summed E-state index contributed by atoms with van der Waals surface area (Å²) < 4.78 is 5.21. The Morgan fingerprint density at radius 2 is 1.55 bits per heavy atom. The molecule has 1 unspecified atom stereocenters. The van der Waals surface area contributed by atoms with Crippen LogP contribution in [0.1, 0.15) is 44.2 Å². The standard InChI is InChI=1S/C24H30N2O5/c1-24(2,26-23(30)31-17-19-11-7-4-8-12-19)16-15-21(27)25-20(22(28)29)14-13-18-9-5-3-6-10-18/h3-12,20H,13-17H2,1-2H3,(H,25,27)(H,26,30)(H,28,29). The van der Waals surface area contributed by atoms with Crippen LogP contribution in [0, 0.1) is 0 Å². The third-order valence-corrected chi connectivity index (χ3v) is 4.83. The first-order chi connectivity index (χ1) is 14.7. The molecule has 0 aromatic heterocycles. The molecule has 166 valence electrons. The molecule has 0 saturated carbocycles. The predicted molar refractivity (Wildman–Crippen MR) is 117 cm³/mol. The molecule has 2 aromatic rings. The summed E-state index contributed by atoms with van der Waals surface area (Å²) in [6, 6.07) is 17.9. The molecule has 0 aliphatic carbocycles. The van der Waals surface area contributed by atoms with Crippen LogP contribution in [-0.2, 0) is 27.4 Å². The van der Waals surface area contributed by atoms with Gasteiger partial charge in [0.1, 0.15) is 12.6 Å². The summed E-state index contributed by atoms with van der Waals surface area (Å²) in [6.07, 6.45) is 0.711. The Bertz CT molecular complexity index is 853. The van der Waals surface area contributed by atoms with Gasteiger partial charge in [0, 0.05) is 12.0 Å². The van der Waals surface area contributed by atoms with Gasteiger partial charge in [-0.15, -0.1) is 0 Å². The minimum Gasteiger partial charge on any atom is -0.480 e. The smallest absolute Gasteiger partial charge is 0.407 e. The quantitative estimate of drug-likeness (QED) is 0.508. The number of aliphatic carboxylic acids is 1. The second-order valence-electron chi connectivity index (χ2n) is 8.05. The van der Waals surface area contributed by atoms with Crippen LogP contribution >= 0.6 is 0 Å². The van der Waals surface area contributed by atoms with Crippen molar-refractivity contribution in [2.24, 2.45) is 0 Å². The first-order valence-electron chi connectivity index (χ1n) is 10.3.